The van der Waals surface area contributed by atoms with E-state index in [-0.39, 0.29) is 0 Å². The second-order valence-electron chi connectivity index (χ2n) is 4.48. The summed E-state index contributed by atoms with van der Waals surface area (Å²) in [6, 6.07) is 5.97. The minimum absolute atomic E-state index is 0.702. The molecule has 0 amide bonds. The number of methoxy groups -OCH3 is 1. The van der Waals surface area contributed by atoms with E-state index in [1.54, 1.807) is 7.11 Å². The van der Waals surface area contributed by atoms with Gasteiger partial charge in [-0.3, -0.25) is 0 Å². The lowest BCUT2D eigenvalue weighted by Gasteiger charge is -2.23. The Morgan fingerprint density at radius 3 is 3.00 bits per heavy atom. The number of rotatable bonds is 3. The van der Waals surface area contributed by atoms with E-state index in [1.165, 1.54) is 5.56 Å². The summed E-state index contributed by atoms with van der Waals surface area (Å²) in [6.07, 6.45) is 3.17. The van der Waals surface area contributed by atoms with Crippen LogP contribution in [0.25, 0.3) is 0 Å². The molecule has 0 saturated carbocycles. The van der Waals surface area contributed by atoms with Crippen LogP contribution in [-0.4, -0.2) is 12.2 Å². The molecule has 1 aliphatic carbocycles. The van der Waals surface area contributed by atoms with Crippen LogP contribution < -0.4 is 4.74 Å². The smallest absolute Gasteiger partial charge is 0.119 e. The van der Waals surface area contributed by atoms with Crippen LogP contribution in [0.3, 0.4) is 0 Å². The molecule has 0 heterocycles. The molecule has 0 bridgehead atoms. The predicted octanol–water partition coefficient (Wildman–Crippen LogP) is 2.63. The molecule has 0 radical (unpaired) electrons. The zero-order chi connectivity index (χ0) is 12.3. The van der Waals surface area contributed by atoms with Crippen molar-refractivity contribution in [2.24, 2.45) is 0 Å². The van der Waals surface area contributed by atoms with Gasteiger partial charge in [0.2, 0.25) is 0 Å². The molecule has 1 N–H and O–H groups in total. The van der Waals surface area contributed by atoms with Crippen molar-refractivity contribution >= 4 is 0 Å². The van der Waals surface area contributed by atoms with Crippen molar-refractivity contribution in [1.82, 2.24) is 0 Å². The number of benzene rings is 1. The van der Waals surface area contributed by atoms with Gasteiger partial charge in [-0.05, 0) is 49.4 Å². The van der Waals surface area contributed by atoms with Gasteiger partial charge >= 0.3 is 0 Å². The average Bonchev–Trinajstić information content (AvgIpc) is 2.67. The first-order valence-corrected chi connectivity index (χ1v) is 5.99. The highest BCUT2D eigenvalue weighted by Gasteiger charge is 2.36. The van der Waals surface area contributed by atoms with Gasteiger partial charge in [-0.1, -0.05) is 6.07 Å². The summed E-state index contributed by atoms with van der Waals surface area (Å²) in [7, 11) is 1.65. The lowest BCUT2D eigenvalue weighted by Crippen LogP contribution is -2.21. The molecule has 2 nitrogen and oxygen atoms in total. The van der Waals surface area contributed by atoms with Crippen molar-refractivity contribution in [3.63, 3.8) is 0 Å². The van der Waals surface area contributed by atoms with Crippen LogP contribution in [0, 0.1) is 11.8 Å². The molecule has 0 fully saturated rings. The van der Waals surface area contributed by atoms with Gasteiger partial charge in [-0.25, -0.2) is 0 Å². The number of aryl methyl sites for hydroxylation is 1. The van der Waals surface area contributed by atoms with E-state index in [9.17, 15) is 5.11 Å². The second kappa shape index (κ2) is 4.81. The Balaban J connectivity index is 2.26. The number of hydrogen-bond acceptors (Lipinski definition) is 2. The monoisotopic (exact) mass is 230 g/mol. The standard InChI is InChI=1S/C15H18O2/c1-3-4-5-9-15(16)10-8-12-6-7-13(17-2)11-14(12)15/h6-7,11,16H,5,8-10H2,1-2H3. The molecule has 1 unspecified atom stereocenters. The third-order valence-electron chi connectivity index (χ3n) is 3.47. The fourth-order valence-corrected chi connectivity index (χ4v) is 2.46. The summed E-state index contributed by atoms with van der Waals surface area (Å²) in [6.45, 7) is 1.83. The highest BCUT2D eigenvalue weighted by atomic mass is 16.5. The molecule has 0 aliphatic heterocycles. The van der Waals surface area contributed by atoms with E-state index in [2.05, 4.69) is 17.9 Å². The Morgan fingerprint density at radius 1 is 1.47 bits per heavy atom. The Kier molecular flexibility index (Phi) is 3.40. The summed E-state index contributed by atoms with van der Waals surface area (Å²) in [5.41, 5.74) is 1.54. The lowest BCUT2D eigenvalue weighted by atomic mass is 9.91. The molecule has 17 heavy (non-hydrogen) atoms. The zero-order valence-electron chi connectivity index (χ0n) is 10.4. The Hall–Kier alpha value is -1.46. The van der Waals surface area contributed by atoms with Crippen LogP contribution in [0.1, 0.15) is 37.3 Å². The molecule has 1 atom stereocenters. The van der Waals surface area contributed by atoms with Crippen molar-refractivity contribution < 1.29 is 9.84 Å². The van der Waals surface area contributed by atoms with Crippen molar-refractivity contribution in [2.75, 3.05) is 7.11 Å². The van der Waals surface area contributed by atoms with Crippen LogP contribution in [0.4, 0.5) is 0 Å². The van der Waals surface area contributed by atoms with Gasteiger partial charge in [0.15, 0.2) is 0 Å². The first-order chi connectivity index (χ1) is 8.19. The van der Waals surface area contributed by atoms with Crippen LogP contribution in [0.5, 0.6) is 5.75 Å². The van der Waals surface area contributed by atoms with E-state index in [4.69, 9.17) is 4.74 Å². The minimum Gasteiger partial charge on any atom is -0.497 e. The number of ether oxygens (including phenoxy) is 1. The highest BCUT2D eigenvalue weighted by molar-refractivity contribution is 5.42. The predicted molar refractivity (Wildman–Crippen MR) is 67.9 cm³/mol. The number of aliphatic hydroxyl groups is 1. The maximum Gasteiger partial charge on any atom is 0.119 e. The normalized spacial score (nSPS) is 21.6. The van der Waals surface area contributed by atoms with Crippen LogP contribution in [0.15, 0.2) is 18.2 Å². The van der Waals surface area contributed by atoms with Crippen LogP contribution in [0.2, 0.25) is 0 Å². The Bertz CT molecular complexity index is 468. The van der Waals surface area contributed by atoms with E-state index in [0.717, 1.165) is 30.6 Å². The van der Waals surface area contributed by atoms with E-state index in [1.807, 2.05) is 19.1 Å². The van der Waals surface area contributed by atoms with Crippen molar-refractivity contribution in [3.8, 4) is 17.6 Å². The van der Waals surface area contributed by atoms with E-state index < -0.39 is 5.60 Å². The largest absolute Gasteiger partial charge is 0.497 e. The van der Waals surface area contributed by atoms with E-state index in [0.29, 0.717) is 6.42 Å². The molecule has 1 aromatic carbocycles. The Labute approximate surface area is 103 Å². The van der Waals surface area contributed by atoms with E-state index >= 15 is 0 Å². The molecule has 0 aromatic heterocycles. The fraction of sp³-hybridized carbons (Fsp3) is 0.467. The highest BCUT2D eigenvalue weighted by Crippen LogP contribution is 2.41. The number of fused-ring (bicyclic) bond motifs is 1. The molecule has 0 saturated heterocycles. The first kappa shape index (κ1) is 12.0. The van der Waals surface area contributed by atoms with Gasteiger partial charge in [-0.2, -0.15) is 0 Å². The summed E-state index contributed by atoms with van der Waals surface area (Å²) < 4.78 is 5.22. The average molecular weight is 230 g/mol. The van der Waals surface area contributed by atoms with Crippen LogP contribution in [-0.2, 0) is 12.0 Å². The maximum absolute atomic E-state index is 10.7. The Morgan fingerprint density at radius 2 is 2.29 bits per heavy atom. The molecule has 2 heteroatoms. The molecule has 2 rings (SSSR count). The van der Waals surface area contributed by atoms with Crippen molar-refractivity contribution in [3.05, 3.63) is 29.3 Å². The van der Waals surface area contributed by atoms with Gasteiger partial charge in [-0.15, -0.1) is 11.8 Å². The summed E-state index contributed by atoms with van der Waals surface area (Å²) in [5, 5.41) is 10.7. The van der Waals surface area contributed by atoms with Crippen LogP contribution >= 0.6 is 0 Å². The SMILES string of the molecule is CC#CCCC1(O)CCc2ccc(OC)cc21. The lowest BCUT2D eigenvalue weighted by molar-refractivity contribution is 0.0308. The van der Waals surface area contributed by atoms with Gasteiger partial charge in [0, 0.05) is 6.42 Å². The third-order valence-corrected chi connectivity index (χ3v) is 3.47. The molecule has 1 aromatic rings. The quantitative estimate of drug-likeness (QED) is 0.809. The van der Waals surface area contributed by atoms with Crippen molar-refractivity contribution in [2.45, 2.75) is 38.2 Å². The topological polar surface area (TPSA) is 29.5 Å². The van der Waals surface area contributed by atoms with Crippen molar-refractivity contribution in [1.29, 1.82) is 0 Å². The molecular weight excluding hydrogens is 212 g/mol. The van der Waals surface area contributed by atoms with Gasteiger partial charge in [0.1, 0.15) is 5.75 Å². The molecule has 90 valence electrons. The van der Waals surface area contributed by atoms with Gasteiger partial charge in [0.05, 0.1) is 12.7 Å². The molecule has 1 aliphatic rings. The number of hydrogen-bond donors (Lipinski definition) is 1. The summed E-state index contributed by atoms with van der Waals surface area (Å²) >= 11 is 0. The summed E-state index contributed by atoms with van der Waals surface area (Å²) in [4.78, 5) is 0. The van der Waals surface area contributed by atoms with Gasteiger partial charge < -0.3 is 9.84 Å². The molecule has 0 spiro atoms. The first-order valence-electron chi connectivity index (χ1n) is 5.99. The minimum atomic E-state index is -0.715. The maximum atomic E-state index is 10.7. The third kappa shape index (κ3) is 2.30. The zero-order valence-corrected chi connectivity index (χ0v) is 10.4. The molecular formula is C15H18O2. The summed E-state index contributed by atoms with van der Waals surface area (Å²) in [5.74, 6) is 6.70. The van der Waals surface area contributed by atoms with Gasteiger partial charge in [0.25, 0.3) is 0 Å². The second-order valence-corrected chi connectivity index (χ2v) is 4.48. The fourth-order valence-electron chi connectivity index (χ4n) is 2.46.